The highest BCUT2D eigenvalue weighted by molar-refractivity contribution is 5.74. The average molecular weight is 311 g/mol. The zero-order valence-corrected chi connectivity index (χ0v) is 15.3. The fourth-order valence-corrected chi connectivity index (χ4v) is 4.01. The van der Waals surface area contributed by atoms with Crippen LogP contribution in [-0.4, -0.2) is 70.8 Å². The summed E-state index contributed by atoms with van der Waals surface area (Å²) in [4.78, 5) is 18.7. The maximum absolute atomic E-state index is 12.5. The average Bonchev–Trinajstić information content (AvgIpc) is 2.69. The highest BCUT2D eigenvalue weighted by Gasteiger charge is 2.52. The van der Waals surface area contributed by atoms with Crippen LogP contribution < -0.4 is 0 Å². The van der Waals surface area contributed by atoms with Crippen LogP contribution in [0.2, 0.25) is 0 Å². The van der Waals surface area contributed by atoms with E-state index in [-0.39, 0.29) is 23.9 Å². The molecule has 128 valence electrons. The van der Waals surface area contributed by atoms with Crippen molar-refractivity contribution in [3.8, 4) is 0 Å². The molecular formula is C17H33N3O2. The second-order valence-corrected chi connectivity index (χ2v) is 7.47. The molecule has 22 heavy (non-hydrogen) atoms. The minimum atomic E-state index is -0.0864. The number of hydrogen-bond donors (Lipinski definition) is 0. The van der Waals surface area contributed by atoms with Gasteiger partial charge in [-0.1, -0.05) is 0 Å². The summed E-state index contributed by atoms with van der Waals surface area (Å²) in [6.45, 7) is 14.6. The Kier molecular flexibility index (Phi) is 5.07. The Balaban J connectivity index is 2.01. The van der Waals surface area contributed by atoms with Crippen LogP contribution >= 0.6 is 0 Å². The molecule has 2 saturated heterocycles. The molecule has 2 unspecified atom stereocenters. The molecule has 1 spiro atoms. The first-order valence-corrected chi connectivity index (χ1v) is 8.66. The lowest BCUT2D eigenvalue weighted by Gasteiger charge is -2.43. The van der Waals surface area contributed by atoms with Gasteiger partial charge in [0, 0.05) is 38.3 Å². The summed E-state index contributed by atoms with van der Waals surface area (Å²) >= 11 is 0. The number of hydrogen-bond acceptors (Lipinski definition) is 3. The van der Waals surface area contributed by atoms with Gasteiger partial charge in [0.25, 0.3) is 0 Å². The van der Waals surface area contributed by atoms with Gasteiger partial charge in [0.05, 0.1) is 5.60 Å². The summed E-state index contributed by atoms with van der Waals surface area (Å²) in [5.74, 6) is 0. The Morgan fingerprint density at radius 2 is 1.73 bits per heavy atom. The third-order valence-corrected chi connectivity index (χ3v) is 5.59. The molecule has 2 heterocycles. The molecule has 0 aromatic heterocycles. The Hall–Kier alpha value is -0.810. The second kappa shape index (κ2) is 6.36. The SMILES string of the molecule is CC(C)N(C)C(=O)N1CCC2(CC1)OC(C)N(C(C)C)C2C. The van der Waals surface area contributed by atoms with Crippen molar-refractivity contribution in [2.75, 3.05) is 20.1 Å². The van der Waals surface area contributed by atoms with Crippen molar-refractivity contribution in [2.24, 2.45) is 0 Å². The smallest absolute Gasteiger partial charge is 0.319 e. The first kappa shape index (κ1) is 17.5. The third kappa shape index (κ3) is 2.98. The maximum Gasteiger partial charge on any atom is 0.319 e. The highest BCUT2D eigenvalue weighted by Crippen LogP contribution is 2.41. The van der Waals surface area contributed by atoms with E-state index < -0.39 is 0 Å². The number of likely N-dealkylation sites (tertiary alicyclic amines) is 1. The molecule has 2 rings (SSSR count). The summed E-state index contributed by atoms with van der Waals surface area (Å²) in [5, 5.41) is 0. The molecule has 0 saturated carbocycles. The van der Waals surface area contributed by atoms with Crippen LogP contribution in [0, 0.1) is 0 Å². The van der Waals surface area contributed by atoms with E-state index in [1.165, 1.54) is 0 Å². The minimum absolute atomic E-state index is 0.0864. The standard InChI is InChI=1S/C17H33N3O2/c1-12(2)18(7)16(21)19-10-8-17(9-11-19)14(5)20(13(3)4)15(6)22-17/h12-15H,8-11H2,1-7H3. The number of rotatable bonds is 2. The van der Waals surface area contributed by atoms with Crippen LogP contribution in [0.25, 0.3) is 0 Å². The van der Waals surface area contributed by atoms with Crippen LogP contribution in [0.15, 0.2) is 0 Å². The van der Waals surface area contributed by atoms with E-state index in [9.17, 15) is 4.79 Å². The van der Waals surface area contributed by atoms with Gasteiger partial charge in [-0.05, 0) is 54.4 Å². The lowest BCUT2D eigenvalue weighted by molar-refractivity contribution is -0.0796. The van der Waals surface area contributed by atoms with E-state index in [0.717, 1.165) is 25.9 Å². The Labute approximate surface area is 135 Å². The summed E-state index contributed by atoms with van der Waals surface area (Å²) in [6.07, 6.45) is 2.02. The fourth-order valence-electron chi connectivity index (χ4n) is 4.01. The van der Waals surface area contributed by atoms with Crippen molar-refractivity contribution in [3.05, 3.63) is 0 Å². The summed E-state index contributed by atoms with van der Waals surface area (Å²) in [6, 6.07) is 1.27. The van der Waals surface area contributed by atoms with Crippen molar-refractivity contribution < 1.29 is 9.53 Å². The number of carbonyl (C=O) groups is 1. The molecule has 2 amide bonds. The lowest BCUT2D eigenvalue weighted by atomic mass is 9.84. The molecule has 0 aromatic rings. The maximum atomic E-state index is 12.5. The molecule has 0 bridgehead atoms. The van der Waals surface area contributed by atoms with Gasteiger partial charge < -0.3 is 14.5 Å². The largest absolute Gasteiger partial charge is 0.355 e. The third-order valence-electron chi connectivity index (χ3n) is 5.59. The van der Waals surface area contributed by atoms with Gasteiger partial charge in [0.15, 0.2) is 0 Å². The van der Waals surface area contributed by atoms with Crippen LogP contribution in [0.3, 0.4) is 0 Å². The Bertz CT molecular complexity index is 403. The highest BCUT2D eigenvalue weighted by atomic mass is 16.5. The lowest BCUT2D eigenvalue weighted by Crippen LogP contribution is -2.55. The first-order chi connectivity index (χ1) is 10.2. The molecule has 2 aliphatic heterocycles. The minimum Gasteiger partial charge on any atom is -0.355 e. The molecule has 2 atom stereocenters. The summed E-state index contributed by atoms with van der Waals surface area (Å²) in [7, 11) is 1.88. The predicted molar refractivity (Wildman–Crippen MR) is 88.8 cm³/mol. The van der Waals surface area contributed by atoms with Crippen LogP contribution in [0.1, 0.15) is 54.4 Å². The summed E-state index contributed by atoms with van der Waals surface area (Å²) in [5.41, 5.74) is -0.0864. The molecule has 0 radical (unpaired) electrons. The van der Waals surface area contributed by atoms with Crippen molar-refractivity contribution >= 4 is 6.03 Å². The first-order valence-electron chi connectivity index (χ1n) is 8.66. The Morgan fingerprint density at radius 1 is 1.18 bits per heavy atom. The molecule has 2 aliphatic rings. The van der Waals surface area contributed by atoms with Crippen molar-refractivity contribution in [3.63, 3.8) is 0 Å². The normalized spacial score (nSPS) is 28.9. The van der Waals surface area contributed by atoms with E-state index in [1.54, 1.807) is 0 Å². The number of piperidine rings is 1. The molecule has 5 nitrogen and oxygen atoms in total. The predicted octanol–water partition coefficient (Wildman–Crippen LogP) is 2.76. The van der Waals surface area contributed by atoms with Crippen LogP contribution in [0.5, 0.6) is 0 Å². The van der Waals surface area contributed by atoms with Gasteiger partial charge in [-0.2, -0.15) is 0 Å². The van der Waals surface area contributed by atoms with Gasteiger partial charge in [0.2, 0.25) is 0 Å². The van der Waals surface area contributed by atoms with E-state index in [1.807, 2.05) is 30.7 Å². The fraction of sp³-hybridized carbons (Fsp3) is 0.941. The van der Waals surface area contributed by atoms with Gasteiger partial charge in [-0.3, -0.25) is 4.90 Å². The number of carbonyl (C=O) groups excluding carboxylic acids is 1. The van der Waals surface area contributed by atoms with E-state index >= 15 is 0 Å². The molecule has 0 N–H and O–H groups in total. The number of nitrogens with zero attached hydrogens (tertiary/aromatic N) is 3. The number of urea groups is 1. The number of amides is 2. The van der Waals surface area contributed by atoms with Gasteiger partial charge in [0.1, 0.15) is 6.23 Å². The van der Waals surface area contributed by atoms with E-state index in [4.69, 9.17) is 4.74 Å². The molecule has 2 fully saturated rings. The topological polar surface area (TPSA) is 36.0 Å². The monoisotopic (exact) mass is 311 g/mol. The van der Waals surface area contributed by atoms with Crippen molar-refractivity contribution in [2.45, 2.75) is 84.3 Å². The number of ether oxygens (including phenoxy) is 1. The van der Waals surface area contributed by atoms with Crippen LogP contribution in [0.4, 0.5) is 4.79 Å². The molecular weight excluding hydrogens is 278 g/mol. The van der Waals surface area contributed by atoms with Gasteiger partial charge in [-0.15, -0.1) is 0 Å². The van der Waals surface area contributed by atoms with Gasteiger partial charge in [-0.25, -0.2) is 4.79 Å². The molecule has 0 aromatic carbocycles. The molecule has 0 aliphatic carbocycles. The van der Waals surface area contributed by atoms with E-state index in [2.05, 4.69) is 32.6 Å². The summed E-state index contributed by atoms with van der Waals surface area (Å²) < 4.78 is 6.39. The Morgan fingerprint density at radius 3 is 2.14 bits per heavy atom. The van der Waals surface area contributed by atoms with E-state index in [0.29, 0.717) is 12.1 Å². The van der Waals surface area contributed by atoms with Crippen LogP contribution in [-0.2, 0) is 4.74 Å². The molecule has 5 heteroatoms. The second-order valence-electron chi connectivity index (χ2n) is 7.47. The quantitative estimate of drug-likeness (QED) is 0.787. The van der Waals surface area contributed by atoms with Crippen molar-refractivity contribution in [1.29, 1.82) is 0 Å². The van der Waals surface area contributed by atoms with Gasteiger partial charge >= 0.3 is 6.03 Å². The van der Waals surface area contributed by atoms with Crippen molar-refractivity contribution in [1.82, 2.24) is 14.7 Å². The zero-order chi connectivity index (χ0) is 16.7. The zero-order valence-electron chi connectivity index (χ0n) is 15.3.